The molecule has 1 aromatic heterocycles. The van der Waals surface area contributed by atoms with Gasteiger partial charge < -0.3 is 14.6 Å². The Morgan fingerprint density at radius 3 is 2.65 bits per heavy atom. The molecule has 0 saturated carbocycles. The largest absolute Gasteiger partial charge is 0.493 e. The molecule has 1 heterocycles. The van der Waals surface area contributed by atoms with Crippen LogP contribution in [0.1, 0.15) is 6.92 Å². The van der Waals surface area contributed by atoms with Crippen molar-refractivity contribution < 1.29 is 19.4 Å². The van der Waals surface area contributed by atoms with Crippen LogP contribution in [0.2, 0.25) is 5.02 Å². The number of nitrogens with zero attached hydrogens (tertiary/aromatic N) is 1. The Balaban J connectivity index is 1.79. The SMILES string of the molecule is CC(COc1ccccc1)C(Oc1ccc(Cl)c2cccnc12)C(=O)O. The number of para-hydroxylation sites is 1. The summed E-state index contributed by atoms with van der Waals surface area (Å²) in [7, 11) is 0. The minimum Gasteiger partial charge on any atom is -0.493 e. The van der Waals surface area contributed by atoms with Crippen molar-refractivity contribution in [3.8, 4) is 11.5 Å². The maximum atomic E-state index is 11.7. The first-order valence-electron chi connectivity index (χ1n) is 8.17. The summed E-state index contributed by atoms with van der Waals surface area (Å²) in [5.74, 6) is -0.388. The number of aliphatic carboxylic acids is 1. The van der Waals surface area contributed by atoms with E-state index in [4.69, 9.17) is 21.1 Å². The number of ether oxygens (including phenoxy) is 2. The van der Waals surface area contributed by atoms with Crippen LogP contribution in [-0.2, 0) is 4.79 Å². The van der Waals surface area contributed by atoms with Gasteiger partial charge in [-0.2, -0.15) is 0 Å². The second-order valence-corrected chi connectivity index (χ2v) is 6.33. The topological polar surface area (TPSA) is 68.7 Å². The molecule has 0 saturated heterocycles. The molecule has 2 aromatic carbocycles. The van der Waals surface area contributed by atoms with Crippen molar-refractivity contribution in [1.82, 2.24) is 4.98 Å². The first kappa shape index (κ1) is 18.0. The third kappa shape index (κ3) is 4.06. The molecule has 0 aliphatic rings. The van der Waals surface area contributed by atoms with Crippen molar-refractivity contribution >= 4 is 28.5 Å². The van der Waals surface area contributed by atoms with Crippen molar-refractivity contribution in [1.29, 1.82) is 0 Å². The molecule has 3 aromatic rings. The number of pyridine rings is 1. The Morgan fingerprint density at radius 1 is 1.15 bits per heavy atom. The second-order valence-electron chi connectivity index (χ2n) is 5.92. The van der Waals surface area contributed by atoms with E-state index in [1.165, 1.54) is 0 Å². The summed E-state index contributed by atoms with van der Waals surface area (Å²) in [6.45, 7) is 1.98. The van der Waals surface area contributed by atoms with Gasteiger partial charge in [-0.15, -0.1) is 0 Å². The van der Waals surface area contributed by atoms with Crippen molar-refractivity contribution in [3.05, 3.63) is 65.8 Å². The summed E-state index contributed by atoms with van der Waals surface area (Å²) in [6.07, 6.45) is 0.536. The van der Waals surface area contributed by atoms with E-state index in [2.05, 4.69) is 4.98 Å². The lowest BCUT2D eigenvalue weighted by molar-refractivity contribution is -0.148. The zero-order valence-corrected chi connectivity index (χ0v) is 14.9. The molecule has 0 bridgehead atoms. The van der Waals surface area contributed by atoms with E-state index in [1.807, 2.05) is 36.4 Å². The predicted octanol–water partition coefficient (Wildman–Crippen LogP) is 4.44. The van der Waals surface area contributed by atoms with Crippen LogP contribution in [0.4, 0.5) is 0 Å². The van der Waals surface area contributed by atoms with Crippen molar-refractivity contribution in [3.63, 3.8) is 0 Å². The quantitative estimate of drug-likeness (QED) is 0.665. The van der Waals surface area contributed by atoms with Gasteiger partial charge >= 0.3 is 5.97 Å². The lowest BCUT2D eigenvalue weighted by Crippen LogP contribution is -2.36. The molecule has 2 unspecified atom stereocenters. The van der Waals surface area contributed by atoms with E-state index in [0.29, 0.717) is 27.4 Å². The van der Waals surface area contributed by atoms with Gasteiger partial charge in [-0.05, 0) is 36.4 Å². The van der Waals surface area contributed by atoms with Gasteiger partial charge in [-0.1, -0.05) is 36.7 Å². The molecule has 0 aliphatic carbocycles. The third-order valence-corrected chi connectivity index (χ3v) is 4.28. The highest BCUT2D eigenvalue weighted by Gasteiger charge is 2.28. The molecule has 0 amide bonds. The van der Waals surface area contributed by atoms with Gasteiger partial charge in [0.05, 0.1) is 11.6 Å². The molecule has 6 heteroatoms. The number of hydrogen-bond acceptors (Lipinski definition) is 4. The fraction of sp³-hybridized carbons (Fsp3) is 0.200. The molecule has 5 nitrogen and oxygen atoms in total. The number of carboxylic acids is 1. The number of hydrogen-bond donors (Lipinski definition) is 1. The van der Waals surface area contributed by atoms with Gasteiger partial charge in [-0.3, -0.25) is 4.98 Å². The standard InChI is InChI=1S/C20H18ClNO4/c1-13(12-25-14-6-3-2-4-7-14)19(20(23)24)26-17-10-9-16(21)15-8-5-11-22-18(15)17/h2-11,13,19H,12H2,1H3,(H,23,24). The van der Waals surface area contributed by atoms with Crippen LogP contribution in [0.15, 0.2) is 60.8 Å². The average Bonchev–Trinajstić information content (AvgIpc) is 2.66. The van der Waals surface area contributed by atoms with E-state index in [9.17, 15) is 9.90 Å². The number of fused-ring (bicyclic) bond motifs is 1. The number of rotatable bonds is 7. The minimum absolute atomic E-state index is 0.208. The minimum atomic E-state index is -1.08. The number of halogens is 1. The van der Waals surface area contributed by atoms with Gasteiger partial charge in [0.2, 0.25) is 6.10 Å². The molecule has 2 atom stereocenters. The van der Waals surface area contributed by atoms with Gasteiger partial charge in [0.1, 0.15) is 17.0 Å². The van der Waals surface area contributed by atoms with Gasteiger partial charge in [0, 0.05) is 17.5 Å². The van der Waals surface area contributed by atoms with Crippen LogP contribution < -0.4 is 9.47 Å². The molecule has 0 fully saturated rings. The first-order valence-corrected chi connectivity index (χ1v) is 8.54. The Kier molecular flexibility index (Phi) is 5.58. The van der Waals surface area contributed by atoms with Gasteiger partial charge in [-0.25, -0.2) is 4.79 Å². The number of benzene rings is 2. The average molecular weight is 372 g/mol. The fourth-order valence-electron chi connectivity index (χ4n) is 2.59. The second kappa shape index (κ2) is 8.06. The summed E-state index contributed by atoms with van der Waals surface area (Å²) in [6, 6.07) is 16.1. The normalized spacial score (nSPS) is 13.2. The Morgan fingerprint density at radius 2 is 1.92 bits per heavy atom. The molecule has 1 N–H and O–H groups in total. The molecular weight excluding hydrogens is 354 g/mol. The number of carbonyl (C=O) groups is 1. The van der Waals surface area contributed by atoms with Gasteiger partial charge in [0.15, 0.2) is 0 Å². The Bertz CT molecular complexity index is 901. The van der Waals surface area contributed by atoms with Crippen LogP contribution in [0, 0.1) is 5.92 Å². The smallest absolute Gasteiger partial charge is 0.345 e. The monoisotopic (exact) mass is 371 g/mol. The van der Waals surface area contributed by atoms with E-state index in [1.54, 1.807) is 31.3 Å². The summed E-state index contributed by atoms with van der Waals surface area (Å²) >= 11 is 6.18. The lowest BCUT2D eigenvalue weighted by Gasteiger charge is -2.22. The van der Waals surface area contributed by atoms with Crippen LogP contribution in [-0.4, -0.2) is 28.8 Å². The molecule has 0 spiro atoms. The zero-order chi connectivity index (χ0) is 18.5. The highest BCUT2D eigenvalue weighted by Crippen LogP contribution is 2.31. The molecule has 3 rings (SSSR count). The molecule has 0 aliphatic heterocycles. The summed E-state index contributed by atoms with van der Waals surface area (Å²) in [5, 5.41) is 10.8. The predicted molar refractivity (Wildman–Crippen MR) is 99.9 cm³/mol. The molecule has 26 heavy (non-hydrogen) atoms. The summed E-state index contributed by atoms with van der Waals surface area (Å²) < 4.78 is 11.5. The van der Waals surface area contributed by atoms with Crippen molar-refractivity contribution in [2.45, 2.75) is 13.0 Å². The lowest BCUT2D eigenvalue weighted by atomic mass is 10.1. The molecule has 0 radical (unpaired) electrons. The summed E-state index contributed by atoms with van der Waals surface area (Å²) in [5.41, 5.74) is 0.530. The number of carboxylic acid groups (broad SMARTS) is 1. The van der Waals surface area contributed by atoms with Crippen LogP contribution in [0.25, 0.3) is 10.9 Å². The zero-order valence-electron chi connectivity index (χ0n) is 14.1. The first-order chi connectivity index (χ1) is 12.6. The van der Waals surface area contributed by atoms with E-state index < -0.39 is 12.1 Å². The highest BCUT2D eigenvalue weighted by atomic mass is 35.5. The van der Waals surface area contributed by atoms with Gasteiger partial charge in [0.25, 0.3) is 0 Å². The maximum absolute atomic E-state index is 11.7. The summed E-state index contributed by atoms with van der Waals surface area (Å²) in [4.78, 5) is 16.0. The maximum Gasteiger partial charge on any atom is 0.345 e. The molecular formula is C20H18ClNO4. The van der Waals surface area contributed by atoms with Crippen LogP contribution in [0.3, 0.4) is 0 Å². The van der Waals surface area contributed by atoms with E-state index >= 15 is 0 Å². The van der Waals surface area contributed by atoms with Crippen molar-refractivity contribution in [2.24, 2.45) is 5.92 Å². The van der Waals surface area contributed by atoms with Crippen LogP contribution >= 0.6 is 11.6 Å². The van der Waals surface area contributed by atoms with E-state index in [-0.39, 0.29) is 12.5 Å². The number of aromatic nitrogens is 1. The fourth-order valence-corrected chi connectivity index (χ4v) is 2.80. The van der Waals surface area contributed by atoms with Crippen LogP contribution in [0.5, 0.6) is 11.5 Å². The third-order valence-electron chi connectivity index (χ3n) is 3.95. The van der Waals surface area contributed by atoms with Crippen molar-refractivity contribution in [2.75, 3.05) is 6.61 Å². The Hall–Kier alpha value is -2.79. The highest BCUT2D eigenvalue weighted by molar-refractivity contribution is 6.35. The molecule has 134 valence electrons. The van der Waals surface area contributed by atoms with E-state index in [0.717, 1.165) is 0 Å². The Labute approximate surface area is 156 Å².